The number of amides is 1. The Balaban J connectivity index is 1.88. The molecule has 0 spiro atoms. The molecule has 0 atom stereocenters. The van der Waals surface area contributed by atoms with Crippen molar-refractivity contribution in [3.63, 3.8) is 0 Å². The van der Waals surface area contributed by atoms with E-state index in [1.165, 1.54) is 0 Å². The fourth-order valence-electron chi connectivity index (χ4n) is 2.13. The van der Waals surface area contributed by atoms with Gasteiger partial charge in [0.2, 0.25) is 0 Å². The lowest BCUT2D eigenvalue weighted by atomic mass is 10.1. The first-order valence-corrected chi connectivity index (χ1v) is 7.13. The number of rotatable bonds is 3. The van der Waals surface area contributed by atoms with Gasteiger partial charge in [0.05, 0.1) is 11.7 Å². The van der Waals surface area contributed by atoms with Gasteiger partial charge in [0.1, 0.15) is 5.60 Å². The van der Waals surface area contributed by atoms with E-state index < -0.39 is 5.60 Å². The number of nitrogens with zero attached hydrogens (tertiary/aromatic N) is 3. The highest BCUT2D eigenvalue weighted by Gasteiger charge is 2.33. The lowest BCUT2D eigenvalue weighted by molar-refractivity contribution is 0.0105. The lowest BCUT2D eigenvalue weighted by Crippen LogP contribution is -2.58. The molecule has 1 aliphatic heterocycles. The predicted molar refractivity (Wildman–Crippen MR) is 83.8 cm³/mol. The summed E-state index contributed by atoms with van der Waals surface area (Å²) in [6.45, 7) is 6.92. The summed E-state index contributed by atoms with van der Waals surface area (Å²) >= 11 is 0. The van der Waals surface area contributed by atoms with E-state index in [1.54, 1.807) is 11.1 Å². The van der Waals surface area contributed by atoms with E-state index >= 15 is 0 Å². The van der Waals surface area contributed by atoms with Crippen molar-refractivity contribution in [1.29, 1.82) is 0 Å². The van der Waals surface area contributed by atoms with Crippen molar-refractivity contribution in [2.24, 2.45) is 0 Å². The molecule has 21 heavy (non-hydrogen) atoms. The summed E-state index contributed by atoms with van der Waals surface area (Å²) < 4.78 is 5.34. The molecule has 0 aliphatic carbocycles. The molecule has 1 aromatic rings. The first kappa shape index (κ1) is 15.4. The molecular formula is C15H24N4O2. The molecule has 0 unspecified atom stereocenters. The molecule has 1 fully saturated rings. The maximum absolute atomic E-state index is 11.9. The fraction of sp³-hybridized carbons (Fsp3) is 0.600. The molecule has 116 valence electrons. The normalized spacial score (nSPS) is 15.4. The summed E-state index contributed by atoms with van der Waals surface area (Å²) in [5.41, 5.74) is 0.535. The number of anilines is 2. The Morgan fingerprint density at radius 2 is 2.10 bits per heavy atom. The number of hydrogen-bond acceptors (Lipinski definition) is 5. The van der Waals surface area contributed by atoms with Gasteiger partial charge in [-0.2, -0.15) is 0 Å². The third-order valence-corrected chi connectivity index (χ3v) is 3.10. The first-order chi connectivity index (χ1) is 9.76. The second kappa shape index (κ2) is 5.79. The molecule has 0 aromatic carbocycles. The number of pyridine rings is 1. The number of aromatic nitrogens is 1. The Morgan fingerprint density at radius 3 is 2.67 bits per heavy atom. The van der Waals surface area contributed by atoms with Crippen LogP contribution >= 0.6 is 0 Å². The van der Waals surface area contributed by atoms with Crippen molar-refractivity contribution >= 4 is 17.6 Å². The summed E-state index contributed by atoms with van der Waals surface area (Å²) in [5.74, 6) is 0.896. The minimum atomic E-state index is -0.447. The van der Waals surface area contributed by atoms with Crippen LogP contribution in [0.3, 0.4) is 0 Å². The summed E-state index contributed by atoms with van der Waals surface area (Å²) in [6, 6.07) is 4.14. The number of nitrogens with one attached hydrogen (secondary N) is 1. The molecule has 6 nitrogen and oxygen atoms in total. The van der Waals surface area contributed by atoms with E-state index in [0.717, 1.165) is 11.5 Å². The smallest absolute Gasteiger partial charge is 0.410 e. The van der Waals surface area contributed by atoms with Crippen molar-refractivity contribution in [3.05, 3.63) is 18.3 Å². The fourth-order valence-corrected chi connectivity index (χ4v) is 2.13. The highest BCUT2D eigenvalue weighted by atomic mass is 16.6. The Bertz CT molecular complexity index is 505. The topological polar surface area (TPSA) is 57.7 Å². The van der Waals surface area contributed by atoms with Crippen LogP contribution in [0.4, 0.5) is 16.3 Å². The molecule has 1 N–H and O–H groups in total. The second-order valence-corrected chi connectivity index (χ2v) is 6.50. The van der Waals surface area contributed by atoms with Gasteiger partial charge in [-0.05, 0) is 32.9 Å². The summed E-state index contributed by atoms with van der Waals surface area (Å²) in [6.07, 6.45) is 1.52. The van der Waals surface area contributed by atoms with Crippen molar-refractivity contribution in [2.45, 2.75) is 32.4 Å². The van der Waals surface area contributed by atoms with Crippen LogP contribution in [0.2, 0.25) is 0 Å². The van der Waals surface area contributed by atoms with Crippen molar-refractivity contribution < 1.29 is 9.53 Å². The highest BCUT2D eigenvalue weighted by molar-refractivity contribution is 5.70. The van der Waals surface area contributed by atoms with Gasteiger partial charge in [-0.3, -0.25) is 0 Å². The average molecular weight is 292 g/mol. The number of ether oxygens (including phenoxy) is 1. The van der Waals surface area contributed by atoms with Crippen LogP contribution in [0.5, 0.6) is 0 Å². The number of hydrogen-bond donors (Lipinski definition) is 1. The zero-order valence-electron chi connectivity index (χ0n) is 13.4. The standard InChI is InChI=1S/C15H24N4O2/c1-15(2,3)21-14(20)19-9-11(10-19)17-12-7-6-8-16-13(12)18(4)5/h6-8,11,17H,9-10H2,1-5H3. The zero-order chi connectivity index (χ0) is 15.6. The Hall–Kier alpha value is -1.98. The SMILES string of the molecule is CN(C)c1ncccc1NC1CN(C(=O)OC(C)(C)C)C1. The van der Waals surface area contributed by atoms with Crippen LogP contribution in [-0.2, 0) is 4.74 Å². The predicted octanol–water partition coefficient (Wildman–Crippen LogP) is 2.18. The Morgan fingerprint density at radius 1 is 1.43 bits per heavy atom. The van der Waals surface area contributed by atoms with Crippen molar-refractivity contribution in [1.82, 2.24) is 9.88 Å². The maximum atomic E-state index is 11.9. The monoisotopic (exact) mass is 292 g/mol. The van der Waals surface area contributed by atoms with Gasteiger partial charge in [-0.15, -0.1) is 0 Å². The van der Waals surface area contributed by atoms with Crippen LogP contribution in [-0.4, -0.2) is 54.8 Å². The van der Waals surface area contributed by atoms with Crippen LogP contribution in [0.15, 0.2) is 18.3 Å². The third-order valence-electron chi connectivity index (χ3n) is 3.10. The Labute approximate surface area is 126 Å². The molecular weight excluding hydrogens is 268 g/mol. The van der Waals surface area contributed by atoms with Crippen molar-refractivity contribution in [2.75, 3.05) is 37.4 Å². The summed E-state index contributed by atoms with van der Waals surface area (Å²) in [4.78, 5) is 19.9. The number of likely N-dealkylation sites (tertiary alicyclic amines) is 1. The molecule has 2 rings (SSSR count). The molecule has 1 aliphatic rings. The van der Waals surface area contributed by atoms with Gasteiger partial charge < -0.3 is 19.9 Å². The van der Waals surface area contributed by atoms with Crippen molar-refractivity contribution in [3.8, 4) is 0 Å². The van der Waals surface area contributed by atoms with Gasteiger partial charge in [-0.1, -0.05) is 0 Å². The van der Waals surface area contributed by atoms with Gasteiger partial charge in [0.15, 0.2) is 5.82 Å². The van der Waals surface area contributed by atoms with E-state index in [1.807, 2.05) is 51.9 Å². The average Bonchev–Trinajstić information content (AvgIpc) is 2.31. The maximum Gasteiger partial charge on any atom is 0.410 e. The van der Waals surface area contributed by atoms with E-state index in [0.29, 0.717) is 13.1 Å². The van der Waals surface area contributed by atoms with E-state index in [4.69, 9.17) is 4.74 Å². The first-order valence-electron chi connectivity index (χ1n) is 7.13. The lowest BCUT2D eigenvalue weighted by Gasteiger charge is -2.40. The molecule has 0 radical (unpaired) electrons. The number of carbonyl (C=O) groups excluding carboxylic acids is 1. The zero-order valence-corrected chi connectivity index (χ0v) is 13.4. The number of carbonyl (C=O) groups is 1. The molecule has 6 heteroatoms. The van der Waals surface area contributed by atoms with E-state index in [9.17, 15) is 4.79 Å². The summed E-state index contributed by atoms with van der Waals surface area (Å²) in [7, 11) is 3.92. The van der Waals surface area contributed by atoms with Crippen LogP contribution in [0.25, 0.3) is 0 Å². The minimum absolute atomic E-state index is 0.236. The highest BCUT2D eigenvalue weighted by Crippen LogP contribution is 2.24. The van der Waals surface area contributed by atoms with Gasteiger partial charge in [0.25, 0.3) is 0 Å². The van der Waals surface area contributed by atoms with Gasteiger partial charge >= 0.3 is 6.09 Å². The molecule has 0 saturated carbocycles. The van der Waals surface area contributed by atoms with E-state index in [2.05, 4.69) is 10.3 Å². The second-order valence-electron chi connectivity index (χ2n) is 6.50. The quantitative estimate of drug-likeness (QED) is 0.925. The summed E-state index contributed by atoms with van der Waals surface area (Å²) in [5, 5.41) is 3.42. The molecule has 1 saturated heterocycles. The van der Waals surface area contributed by atoms with Gasteiger partial charge in [-0.25, -0.2) is 9.78 Å². The van der Waals surface area contributed by atoms with Crippen LogP contribution in [0.1, 0.15) is 20.8 Å². The molecule has 0 bridgehead atoms. The molecule has 1 amide bonds. The van der Waals surface area contributed by atoms with Crippen LogP contribution in [0, 0.1) is 0 Å². The third kappa shape index (κ3) is 4.00. The van der Waals surface area contributed by atoms with E-state index in [-0.39, 0.29) is 12.1 Å². The molecule has 2 heterocycles. The van der Waals surface area contributed by atoms with Gasteiger partial charge in [0, 0.05) is 33.4 Å². The van der Waals surface area contributed by atoms with Crippen LogP contribution < -0.4 is 10.2 Å². The minimum Gasteiger partial charge on any atom is -0.444 e. The Kier molecular flexibility index (Phi) is 4.25. The molecule has 1 aromatic heterocycles. The largest absolute Gasteiger partial charge is 0.444 e.